The van der Waals surface area contributed by atoms with Crippen LogP contribution in [0.3, 0.4) is 0 Å². The molecule has 1 aliphatic rings. The van der Waals surface area contributed by atoms with E-state index in [4.69, 9.17) is 14.2 Å². The molecule has 14 heteroatoms. The number of likely N-dealkylation sites (tertiary alicyclic amines) is 1. The summed E-state index contributed by atoms with van der Waals surface area (Å²) in [5.74, 6) is -0.0129. The van der Waals surface area contributed by atoms with Crippen molar-refractivity contribution in [1.82, 2.24) is 29.9 Å². The molecule has 0 bridgehead atoms. The van der Waals surface area contributed by atoms with Crippen LogP contribution in [0.1, 0.15) is 37.7 Å². The number of rotatable bonds is 8. The van der Waals surface area contributed by atoms with Crippen molar-refractivity contribution in [2.24, 2.45) is 13.0 Å². The van der Waals surface area contributed by atoms with E-state index in [0.29, 0.717) is 35.9 Å². The summed E-state index contributed by atoms with van der Waals surface area (Å²) in [6, 6.07) is 6.82. The van der Waals surface area contributed by atoms with E-state index >= 15 is 0 Å². The monoisotopic (exact) mass is 552 g/mol. The lowest BCUT2D eigenvalue weighted by atomic mass is 9.96. The number of amides is 2. The second kappa shape index (κ2) is 11.6. The minimum Gasteiger partial charge on any atom is -0.494 e. The van der Waals surface area contributed by atoms with Crippen LogP contribution in [0.2, 0.25) is 0 Å². The standard InChI is InChI=1S/C26H32N8O6/c1-26(2,3)40-25(37)34-12-15(13-34)10-20(35)29-19-11-18(21(31-30-19)24(36)39-6)28-17-9-7-8-16(22(17)38-5)23-27-14-33(4)32-23/h7-9,11,14-15H,10,12-13H2,1-6H3,(H2,28,29,30,35). The van der Waals surface area contributed by atoms with Crippen molar-refractivity contribution >= 4 is 35.2 Å². The molecule has 0 atom stereocenters. The molecule has 2 N–H and O–H groups in total. The highest BCUT2D eigenvalue weighted by Gasteiger charge is 2.35. The van der Waals surface area contributed by atoms with Crippen LogP contribution in [-0.2, 0) is 21.3 Å². The first kappa shape index (κ1) is 28.3. The van der Waals surface area contributed by atoms with Gasteiger partial charge >= 0.3 is 12.1 Å². The van der Waals surface area contributed by atoms with Crippen LogP contribution in [-0.4, -0.2) is 80.7 Å². The van der Waals surface area contributed by atoms with Gasteiger partial charge in [-0.3, -0.25) is 9.48 Å². The number of hydrogen-bond donors (Lipinski definition) is 2. The fourth-order valence-electron chi connectivity index (χ4n) is 4.07. The molecule has 0 spiro atoms. The predicted molar refractivity (Wildman–Crippen MR) is 144 cm³/mol. The van der Waals surface area contributed by atoms with Crippen molar-refractivity contribution in [1.29, 1.82) is 0 Å². The van der Waals surface area contributed by atoms with E-state index in [1.54, 1.807) is 61.9 Å². The number of esters is 1. The Morgan fingerprint density at radius 3 is 2.48 bits per heavy atom. The van der Waals surface area contributed by atoms with E-state index in [0.717, 1.165) is 0 Å². The van der Waals surface area contributed by atoms with Crippen molar-refractivity contribution in [3.8, 4) is 17.1 Å². The molecule has 14 nitrogen and oxygen atoms in total. The van der Waals surface area contributed by atoms with Crippen molar-refractivity contribution < 1.29 is 28.6 Å². The summed E-state index contributed by atoms with van der Waals surface area (Å²) in [7, 11) is 4.50. The Morgan fingerprint density at radius 2 is 1.85 bits per heavy atom. The van der Waals surface area contributed by atoms with Gasteiger partial charge < -0.3 is 29.7 Å². The second-order valence-corrected chi connectivity index (χ2v) is 10.2. The highest BCUT2D eigenvalue weighted by molar-refractivity contribution is 5.96. The van der Waals surface area contributed by atoms with Crippen molar-refractivity contribution in [2.45, 2.75) is 32.8 Å². The molecule has 0 unspecified atom stereocenters. The highest BCUT2D eigenvalue weighted by Crippen LogP contribution is 2.37. The molecule has 2 amide bonds. The van der Waals surface area contributed by atoms with Crippen LogP contribution in [0.5, 0.6) is 5.75 Å². The number of methoxy groups -OCH3 is 2. The number of carbonyl (C=O) groups is 3. The lowest BCUT2D eigenvalue weighted by Crippen LogP contribution is -2.52. The Hall–Kier alpha value is -4.75. The maximum Gasteiger partial charge on any atom is 0.410 e. The third kappa shape index (κ3) is 6.62. The zero-order valence-corrected chi connectivity index (χ0v) is 23.2. The maximum absolute atomic E-state index is 12.7. The minimum absolute atomic E-state index is 0.0142. The Balaban J connectivity index is 1.49. The molecular formula is C26H32N8O6. The Kier molecular flexibility index (Phi) is 8.16. The van der Waals surface area contributed by atoms with E-state index < -0.39 is 17.7 Å². The summed E-state index contributed by atoms with van der Waals surface area (Å²) in [6.45, 7) is 6.24. The minimum atomic E-state index is -0.717. The molecular weight excluding hydrogens is 520 g/mol. The third-order valence-corrected chi connectivity index (χ3v) is 5.85. The molecule has 3 aromatic rings. The molecule has 1 aliphatic heterocycles. The smallest absolute Gasteiger partial charge is 0.410 e. The summed E-state index contributed by atoms with van der Waals surface area (Å²) in [4.78, 5) is 43.1. The molecule has 1 fully saturated rings. The fraction of sp³-hybridized carbons (Fsp3) is 0.423. The van der Waals surface area contributed by atoms with Gasteiger partial charge in [-0.05, 0) is 32.9 Å². The molecule has 4 rings (SSSR count). The van der Waals surface area contributed by atoms with Crippen molar-refractivity contribution in [3.63, 3.8) is 0 Å². The van der Waals surface area contributed by atoms with Gasteiger partial charge in [0.25, 0.3) is 0 Å². The lowest BCUT2D eigenvalue weighted by Gasteiger charge is -2.39. The SMILES string of the molecule is COC(=O)c1nnc(NC(=O)CC2CN(C(=O)OC(C)(C)C)C2)cc1Nc1cccc(-c2ncn(C)n2)c1OC. The molecule has 1 saturated heterocycles. The molecule has 1 aromatic carbocycles. The van der Waals surface area contributed by atoms with Crippen LogP contribution in [0, 0.1) is 5.92 Å². The number of hydrogen-bond acceptors (Lipinski definition) is 11. The van der Waals surface area contributed by atoms with Crippen LogP contribution in [0.4, 0.5) is 22.0 Å². The number of anilines is 3. The highest BCUT2D eigenvalue weighted by atomic mass is 16.6. The first-order valence-electron chi connectivity index (χ1n) is 12.5. The molecule has 3 heterocycles. The van der Waals surface area contributed by atoms with Crippen LogP contribution in [0.15, 0.2) is 30.6 Å². The largest absolute Gasteiger partial charge is 0.494 e. The van der Waals surface area contributed by atoms with Gasteiger partial charge in [0.15, 0.2) is 23.1 Å². The first-order valence-corrected chi connectivity index (χ1v) is 12.5. The van der Waals surface area contributed by atoms with Gasteiger partial charge in [-0.25, -0.2) is 14.6 Å². The van der Waals surface area contributed by atoms with E-state index in [1.165, 1.54) is 20.3 Å². The number of aryl methyl sites for hydroxylation is 1. The second-order valence-electron chi connectivity index (χ2n) is 10.2. The summed E-state index contributed by atoms with van der Waals surface area (Å²) in [6.07, 6.45) is 1.35. The average Bonchev–Trinajstić information content (AvgIpc) is 3.30. The number of carbonyl (C=O) groups excluding carboxylic acids is 3. The Morgan fingerprint density at radius 1 is 1.10 bits per heavy atom. The molecule has 0 radical (unpaired) electrons. The molecule has 40 heavy (non-hydrogen) atoms. The number of aromatic nitrogens is 5. The molecule has 212 valence electrons. The number of para-hydroxylation sites is 1. The topological polar surface area (TPSA) is 163 Å². The zero-order valence-electron chi connectivity index (χ0n) is 23.2. The summed E-state index contributed by atoms with van der Waals surface area (Å²) < 4.78 is 17.4. The number of nitrogens with zero attached hydrogens (tertiary/aromatic N) is 6. The van der Waals surface area contributed by atoms with Crippen molar-refractivity contribution in [2.75, 3.05) is 37.9 Å². The average molecular weight is 553 g/mol. The number of ether oxygens (including phenoxy) is 3. The predicted octanol–water partition coefficient (Wildman–Crippen LogP) is 3.01. The van der Waals surface area contributed by atoms with Gasteiger partial charge in [0.2, 0.25) is 5.91 Å². The van der Waals surface area contributed by atoms with Gasteiger partial charge in [-0.15, -0.1) is 10.2 Å². The van der Waals surface area contributed by atoms with E-state index in [9.17, 15) is 14.4 Å². The summed E-state index contributed by atoms with van der Waals surface area (Å²) in [5.41, 5.74) is 0.696. The first-order chi connectivity index (χ1) is 19.0. The Labute approximate surface area is 231 Å². The van der Waals surface area contributed by atoms with E-state index in [-0.39, 0.29) is 35.4 Å². The number of nitrogens with one attached hydrogen (secondary N) is 2. The normalized spacial score (nSPS) is 13.3. The summed E-state index contributed by atoms with van der Waals surface area (Å²) >= 11 is 0. The van der Waals surface area contributed by atoms with Crippen LogP contribution in [0.25, 0.3) is 11.4 Å². The van der Waals surface area contributed by atoms with Gasteiger partial charge in [-0.2, -0.15) is 5.10 Å². The Bertz CT molecular complexity index is 1410. The maximum atomic E-state index is 12.7. The molecule has 0 saturated carbocycles. The van der Waals surface area contributed by atoms with Crippen molar-refractivity contribution in [3.05, 3.63) is 36.3 Å². The molecule has 2 aromatic heterocycles. The zero-order chi connectivity index (χ0) is 29.0. The quantitative estimate of drug-likeness (QED) is 0.395. The van der Waals surface area contributed by atoms with Gasteiger partial charge in [0.1, 0.15) is 11.9 Å². The number of benzene rings is 1. The van der Waals surface area contributed by atoms with E-state index in [1.807, 2.05) is 0 Å². The van der Waals surface area contributed by atoms with Gasteiger partial charge in [-0.1, -0.05) is 6.07 Å². The summed E-state index contributed by atoms with van der Waals surface area (Å²) in [5, 5.41) is 18.1. The van der Waals surface area contributed by atoms with Gasteiger partial charge in [0.05, 0.1) is 31.2 Å². The third-order valence-electron chi connectivity index (χ3n) is 5.85. The van der Waals surface area contributed by atoms with Gasteiger partial charge in [0, 0.05) is 38.5 Å². The van der Waals surface area contributed by atoms with E-state index in [2.05, 4.69) is 30.9 Å². The van der Waals surface area contributed by atoms with Crippen LogP contribution >= 0.6 is 0 Å². The van der Waals surface area contributed by atoms with Crippen LogP contribution < -0.4 is 15.4 Å². The fourth-order valence-corrected chi connectivity index (χ4v) is 4.07. The molecule has 0 aliphatic carbocycles. The lowest BCUT2D eigenvalue weighted by molar-refractivity contribution is -0.118.